The standard InChI is InChI=1S/C22H35N5O6/c1-4-12-33-21(31)8-7-16(18(28)14-23)26-22(32)17-6-5-10-25-27(17)20(30)9-11-24-19(29)13-15(2)3/h4,14-17,23,25H,1,5-13H2,2-3H3,(H,24,29)(H,26,32)/t16-,17-/m0/s1. The Hall–Kier alpha value is -3.08. The predicted octanol–water partition coefficient (Wildman–Crippen LogP) is 0.247. The van der Waals surface area contributed by atoms with Gasteiger partial charge in [-0.15, -0.1) is 0 Å². The average molecular weight is 466 g/mol. The number of carbonyl (C=O) groups is 5. The minimum absolute atomic E-state index is 0.0125. The van der Waals surface area contributed by atoms with Gasteiger partial charge in [0, 0.05) is 32.4 Å². The molecule has 1 aliphatic heterocycles. The second kappa shape index (κ2) is 14.9. The fraction of sp³-hybridized carbons (Fsp3) is 0.636. The Labute approximate surface area is 194 Å². The molecule has 0 radical (unpaired) electrons. The fourth-order valence-corrected chi connectivity index (χ4v) is 3.26. The first-order chi connectivity index (χ1) is 15.7. The molecule has 0 aromatic heterocycles. The molecule has 2 atom stereocenters. The number of nitrogens with zero attached hydrogens (tertiary/aromatic N) is 1. The first kappa shape index (κ1) is 28.0. The number of ether oxygens (including phenoxy) is 1. The first-order valence-electron chi connectivity index (χ1n) is 11.1. The molecular weight excluding hydrogens is 430 g/mol. The highest BCUT2D eigenvalue weighted by molar-refractivity contribution is 6.29. The van der Waals surface area contributed by atoms with Crippen LogP contribution in [0.2, 0.25) is 0 Å². The van der Waals surface area contributed by atoms with E-state index in [1.54, 1.807) is 0 Å². The summed E-state index contributed by atoms with van der Waals surface area (Å²) in [6.07, 6.45) is 3.25. The number of esters is 1. The van der Waals surface area contributed by atoms with E-state index in [9.17, 15) is 24.0 Å². The quantitative estimate of drug-likeness (QED) is 0.163. The Morgan fingerprint density at radius 3 is 2.61 bits per heavy atom. The maximum atomic E-state index is 12.9. The molecule has 0 bridgehead atoms. The van der Waals surface area contributed by atoms with Gasteiger partial charge in [-0.2, -0.15) is 0 Å². The number of hydrogen-bond donors (Lipinski definition) is 4. The van der Waals surface area contributed by atoms with Crippen LogP contribution in [-0.4, -0.2) is 72.5 Å². The predicted molar refractivity (Wildman–Crippen MR) is 121 cm³/mol. The molecule has 1 saturated heterocycles. The zero-order valence-corrected chi connectivity index (χ0v) is 19.4. The van der Waals surface area contributed by atoms with E-state index in [1.165, 1.54) is 11.1 Å². The van der Waals surface area contributed by atoms with Crippen LogP contribution in [0.25, 0.3) is 0 Å². The Balaban J connectivity index is 2.70. The number of Topliss-reactive ketones (excluding diaryl/α,β-unsaturated/α-hetero) is 1. The summed E-state index contributed by atoms with van der Waals surface area (Å²) in [5.74, 6) is -2.06. The third-order valence-electron chi connectivity index (χ3n) is 4.88. The Morgan fingerprint density at radius 2 is 1.97 bits per heavy atom. The van der Waals surface area contributed by atoms with Crippen LogP contribution in [0.15, 0.2) is 12.7 Å². The maximum absolute atomic E-state index is 12.9. The summed E-state index contributed by atoms with van der Waals surface area (Å²) >= 11 is 0. The molecule has 33 heavy (non-hydrogen) atoms. The third kappa shape index (κ3) is 10.4. The van der Waals surface area contributed by atoms with Gasteiger partial charge in [0.1, 0.15) is 12.6 Å². The molecule has 1 rings (SSSR count). The van der Waals surface area contributed by atoms with E-state index in [4.69, 9.17) is 10.1 Å². The van der Waals surface area contributed by atoms with Gasteiger partial charge in [-0.3, -0.25) is 29.0 Å². The van der Waals surface area contributed by atoms with Gasteiger partial charge in [-0.1, -0.05) is 26.5 Å². The van der Waals surface area contributed by atoms with E-state index in [2.05, 4.69) is 22.6 Å². The second-order valence-electron chi connectivity index (χ2n) is 8.15. The molecule has 184 valence electrons. The van der Waals surface area contributed by atoms with Crippen LogP contribution in [0, 0.1) is 11.3 Å². The van der Waals surface area contributed by atoms with Gasteiger partial charge in [0.25, 0.3) is 0 Å². The summed E-state index contributed by atoms with van der Waals surface area (Å²) in [5.41, 5.74) is 2.91. The summed E-state index contributed by atoms with van der Waals surface area (Å²) in [5, 5.41) is 13.7. The lowest BCUT2D eigenvalue weighted by molar-refractivity contribution is -0.147. The van der Waals surface area contributed by atoms with Crippen molar-refractivity contribution in [3.05, 3.63) is 12.7 Å². The van der Waals surface area contributed by atoms with Crippen LogP contribution in [0.1, 0.15) is 52.4 Å². The summed E-state index contributed by atoms with van der Waals surface area (Å²) in [6.45, 7) is 7.99. The normalized spacial score (nSPS) is 16.5. The molecule has 1 fully saturated rings. The molecule has 11 nitrogen and oxygen atoms in total. The number of ketones is 1. The van der Waals surface area contributed by atoms with E-state index in [0.29, 0.717) is 32.0 Å². The Bertz CT molecular complexity index is 739. The minimum Gasteiger partial charge on any atom is -0.461 e. The summed E-state index contributed by atoms with van der Waals surface area (Å²) < 4.78 is 4.87. The maximum Gasteiger partial charge on any atom is 0.306 e. The van der Waals surface area contributed by atoms with Crippen LogP contribution in [0.3, 0.4) is 0 Å². The molecule has 0 aliphatic carbocycles. The van der Waals surface area contributed by atoms with Crippen LogP contribution in [0.5, 0.6) is 0 Å². The van der Waals surface area contributed by atoms with Crippen molar-refractivity contribution in [1.29, 1.82) is 5.41 Å². The number of hydrogen-bond acceptors (Lipinski definition) is 8. The van der Waals surface area contributed by atoms with Crippen molar-refractivity contribution in [1.82, 2.24) is 21.1 Å². The molecule has 0 saturated carbocycles. The molecule has 0 aromatic carbocycles. The van der Waals surface area contributed by atoms with E-state index >= 15 is 0 Å². The van der Waals surface area contributed by atoms with Crippen molar-refractivity contribution in [3.63, 3.8) is 0 Å². The lowest BCUT2D eigenvalue weighted by Crippen LogP contribution is -2.60. The highest BCUT2D eigenvalue weighted by atomic mass is 16.5. The van der Waals surface area contributed by atoms with Crippen LogP contribution >= 0.6 is 0 Å². The van der Waals surface area contributed by atoms with Gasteiger partial charge in [-0.05, 0) is 25.2 Å². The van der Waals surface area contributed by atoms with Gasteiger partial charge in [0.15, 0.2) is 5.78 Å². The number of rotatable bonds is 14. The molecule has 0 spiro atoms. The first-order valence-corrected chi connectivity index (χ1v) is 11.1. The van der Waals surface area contributed by atoms with Crippen molar-refractivity contribution in [2.24, 2.45) is 5.92 Å². The summed E-state index contributed by atoms with van der Waals surface area (Å²) in [6, 6.07) is -1.94. The summed E-state index contributed by atoms with van der Waals surface area (Å²) in [4.78, 5) is 61.1. The monoisotopic (exact) mass is 465 g/mol. The molecule has 0 aromatic rings. The van der Waals surface area contributed by atoms with E-state index in [-0.39, 0.29) is 50.1 Å². The number of hydrazine groups is 1. The summed E-state index contributed by atoms with van der Waals surface area (Å²) in [7, 11) is 0. The molecule has 1 aliphatic rings. The third-order valence-corrected chi connectivity index (χ3v) is 4.88. The number of nitrogens with one attached hydrogen (secondary N) is 4. The minimum atomic E-state index is -1.08. The molecule has 11 heteroatoms. The average Bonchev–Trinajstić information content (AvgIpc) is 2.78. The van der Waals surface area contributed by atoms with E-state index in [0.717, 1.165) is 0 Å². The van der Waals surface area contributed by atoms with Crippen molar-refractivity contribution in [2.75, 3.05) is 19.7 Å². The Kier molecular flexibility index (Phi) is 12.6. The molecule has 1 heterocycles. The van der Waals surface area contributed by atoms with Gasteiger partial charge < -0.3 is 20.8 Å². The van der Waals surface area contributed by atoms with Crippen molar-refractivity contribution in [3.8, 4) is 0 Å². The van der Waals surface area contributed by atoms with Gasteiger partial charge in [0.05, 0.1) is 12.3 Å². The fourth-order valence-electron chi connectivity index (χ4n) is 3.26. The van der Waals surface area contributed by atoms with Crippen LogP contribution in [-0.2, 0) is 28.7 Å². The van der Waals surface area contributed by atoms with E-state index in [1.807, 2.05) is 13.8 Å². The Morgan fingerprint density at radius 1 is 1.24 bits per heavy atom. The zero-order valence-electron chi connectivity index (χ0n) is 19.4. The van der Waals surface area contributed by atoms with Crippen molar-refractivity contribution >= 4 is 35.7 Å². The number of amides is 3. The highest BCUT2D eigenvalue weighted by Gasteiger charge is 2.34. The second-order valence-corrected chi connectivity index (χ2v) is 8.15. The largest absolute Gasteiger partial charge is 0.461 e. The molecular formula is C22H35N5O6. The topological polar surface area (TPSA) is 158 Å². The lowest BCUT2D eigenvalue weighted by atomic mass is 10.0. The van der Waals surface area contributed by atoms with Crippen LogP contribution in [0.4, 0.5) is 0 Å². The van der Waals surface area contributed by atoms with E-state index < -0.39 is 29.7 Å². The van der Waals surface area contributed by atoms with Crippen molar-refractivity contribution < 1.29 is 28.7 Å². The SMILES string of the molecule is C=CCOC(=O)CC[C@H](NC(=O)[C@@H]1CCCNN1C(=O)CCNC(=O)CC(C)C)C(=O)C=N. The zero-order chi connectivity index (χ0) is 24.8. The van der Waals surface area contributed by atoms with Crippen LogP contribution < -0.4 is 16.1 Å². The highest BCUT2D eigenvalue weighted by Crippen LogP contribution is 2.13. The lowest BCUT2D eigenvalue weighted by Gasteiger charge is -2.35. The number of carbonyl (C=O) groups excluding carboxylic acids is 5. The molecule has 4 N–H and O–H groups in total. The van der Waals surface area contributed by atoms with Crippen molar-refractivity contribution in [2.45, 2.75) is 64.5 Å². The van der Waals surface area contributed by atoms with Gasteiger partial charge >= 0.3 is 5.97 Å². The van der Waals surface area contributed by atoms with Gasteiger partial charge in [-0.25, -0.2) is 5.43 Å². The van der Waals surface area contributed by atoms with Gasteiger partial charge in [0.2, 0.25) is 17.7 Å². The molecule has 3 amide bonds. The smallest absolute Gasteiger partial charge is 0.306 e. The molecule has 0 unspecified atom stereocenters.